The largest absolute Gasteiger partial charge is 0.372 e. The molecule has 2 rings (SSSR count). The van der Waals surface area contributed by atoms with Crippen LogP contribution in [0.4, 0.5) is 11.4 Å². The molecule has 24 heavy (non-hydrogen) atoms. The van der Waals surface area contributed by atoms with Gasteiger partial charge in [-0.1, -0.05) is 6.07 Å². The number of anilines is 2. The van der Waals surface area contributed by atoms with Gasteiger partial charge in [0.15, 0.2) is 0 Å². The average molecular weight is 335 g/mol. The maximum Gasteiger partial charge on any atom is 0.256 e. The molecule has 7 nitrogen and oxygen atoms in total. The lowest BCUT2D eigenvalue weighted by Crippen LogP contribution is -2.51. The van der Waals surface area contributed by atoms with Gasteiger partial charge in [-0.25, -0.2) is 0 Å². The van der Waals surface area contributed by atoms with Gasteiger partial charge in [0.05, 0.1) is 0 Å². The number of carbonyl (C=O) groups excluding carboxylic acids is 2. The zero-order valence-corrected chi connectivity index (χ0v) is 14.3. The topological polar surface area (TPSA) is 88.7 Å². The number of piperidine rings is 1. The minimum atomic E-state index is -0.810. The van der Waals surface area contributed by atoms with Crippen molar-refractivity contribution in [2.24, 2.45) is 0 Å². The Morgan fingerprint density at radius 3 is 2.38 bits per heavy atom. The normalized spacial score (nSPS) is 17.8. The van der Waals surface area contributed by atoms with E-state index in [4.69, 9.17) is 9.47 Å². The summed E-state index contributed by atoms with van der Waals surface area (Å²) in [6, 6.07) is 7.01. The Morgan fingerprint density at radius 1 is 1.17 bits per heavy atom. The summed E-state index contributed by atoms with van der Waals surface area (Å²) in [5, 5.41) is 8.86. The van der Waals surface area contributed by atoms with Gasteiger partial charge in [-0.3, -0.25) is 9.59 Å². The number of hydrogen-bond acceptors (Lipinski definition) is 5. The van der Waals surface area contributed by atoms with E-state index in [0.717, 1.165) is 13.1 Å². The predicted octanol–water partition coefficient (Wildman–Crippen LogP) is 1.37. The molecular weight excluding hydrogens is 310 g/mol. The molecule has 7 heteroatoms. The second-order valence-electron chi connectivity index (χ2n) is 5.85. The highest BCUT2D eigenvalue weighted by Crippen LogP contribution is 2.25. The van der Waals surface area contributed by atoms with E-state index in [1.54, 1.807) is 38.3 Å². The van der Waals surface area contributed by atoms with Crippen molar-refractivity contribution in [1.82, 2.24) is 5.32 Å². The van der Waals surface area contributed by atoms with Crippen LogP contribution in [0.15, 0.2) is 24.3 Å². The third-order valence-corrected chi connectivity index (χ3v) is 4.33. The number of ether oxygens (including phenoxy) is 2. The lowest BCUT2D eigenvalue weighted by molar-refractivity contribution is -0.140. The van der Waals surface area contributed by atoms with Crippen LogP contribution in [0.3, 0.4) is 0 Å². The second kappa shape index (κ2) is 8.23. The zero-order valence-electron chi connectivity index (χ0n) is 14.3. The minimum absolute atomic E-state index is 0.166. The molecule has 3 N–H and O–H groups in total. The van der Waals surface area contributed by atoms with Gasteiger partial charge in [-0.15, -0.1) is 0 Å². The second-order valence-corrected chi connectivity index (χ2v) is 5.85. The maximum atomic E-state index is 12.6. The number of nitrogens with one attached hydrogen (secondary N) is 3. The highest BCUT2D eigenvalue weighted by Gasteiger charge is 2.39. The molecule has 1 aromatic rings. The smallest absolute Gasteiger partial charge is 0.256 e. The van der Waals surface area contributed by atoms with E-state index >= 15 is 0 Å². The molecule has 0 aromatic heterocycles. The Hall–Kier alpha value is -1.96. The van der Waals surface area contributed by atoms with E-state index in [9.17, 15) is 9.59 Å². The van der Waals surface area contributed by atoms with Crippen molar-refractivity contribution in [3.8, 4) is 0 Å². The first-order valence-corrected chi connectivity index (χ1v) is 8.02. The quantitative estimate of drug-likeness (QED) is 0.731. The molecule has 1 aliphatic rings. The standard InChI is InChI=1S/C17H25N3O4/c1-12(23-2)15(21)19-13-5-4-6-14(11-13)20-16(22)17(24-3)7-9-18-10-8-17/h4-6,11-12,18H,7-10H2,1-3H3,(H,19,21)(H,20,22). The molecule has 0 spiro atoms. The van der Waals surface area contributed by atoms with Crippen LogP contribution >= 0.6 is 0 Å². The van der Waals surface area contributed by atoms with Crippen molar-refractivity contribution in [1.29, 1.82) is 0 Å². The molecule has 1 unspecified atom stereocenters. The summed E-state index contributed by atoms with van der Waals surface area (Å²) in [4.78, 5) is 24.5. The van der Waals surface area contributed by atoms with Crippen LogP contribution in [0, 0.1) is 0 Å². The SMILES string of the molecule is COC(C)C(=O)Nc1cccc(NC(=O)C2(OC)CCNCC2)c1. The van der Waals surface area contributed by atoms with E-state index in [1.807, 2.05) is 0 Å². The van der Waals surface area contributed by atoms with E-state index in [-0.39, 0.29) is 11.8 Å². The third-order valence-electron chi connectivity index (χ3n) is 4.33. The number of hydrogen-bond donors (Lipinski definition) is 3. The van der Waals surface area contributed by atoms with Crippen molar-refractivity contribution in [2.45, 2.75) is 31.5 Å². The van der Waals surface area contributed by atoms with Crippen LogP contribution in [0.5, 0.6) is 0 Å². The Morgan fingerprint density at radius 2 is 1.79 bits per heavy atom. The van der Waals surface area contributed by atoms with E-state index in [2.05, 4.69) is 16.0 Å². The fraction of sp³-hybridized carbons (Fsp3) is 0.529. The number of benzene rings is 1. The molecule has 1 aromatic carbocycles. The molecule has 2 amide bonds. The first-order chi connectivity index (χ1) is 11.5. The fourth-order valence-corrected chi connectivity index (χ4v) is 2.63. The number of amides is 2. The maximum absolute atomic E-state index is 12.6. The van der Waals surface area contributed by atoms with Gasteiger partial charge in [0.25, 0.3) is 11.8 Å². The van der Waals surface area contributed by atoms with Crippen LogP contribution in [0.1, 0.15) is 19.8 Å². The zero-order chi connectivity index (χ0) is 17.6. The highest BCUT2D eigenvalue weighted by molar-refractivity contribution is 5.99. The summed E-state index contributed by atoms with van der Waals surface area (Å²) in [5.41, 5.74) is 0.394. The van der Waals surface area contributed by atoms with Crippen molar-refractivity contribution in [3.63, 3.8) is 0 Å². The summed E-state index contributed by atoms with van der Waals surface area (Å²) in [6.07, 6.45) is 0.698. The Kier molecular flexibility index (Phi) is 6.30. The molecule has 1 aliphatic heterocycles. The Bertz CT molecular complexity index is 585. The first kappa shape index (κ1) is 18.4. The van der Waals surface area contributed by atoms with E-state index in [1.165, 1.54) is 7.11 Å². The molecule has 1 atom stereocenters. The number of methoxy groups -OCH3 is 2. The minimum Gasteiger partial charge on any atom is -0.372 e. The van der Waals surface area contributed by atoms with Gasteiger partial charge >= 0.3 is 0 Å². The Labute approximate surface area is 142 Å². The van der Waals surface area contributed by atoms with Gasteiger partial charge in [-0.2, -0.15) is 0 Å². The van der Waals surface area contributed by atoms with Gasteiger partial charge in [0.2, 0.25) is 0 Å². The predicted molar refractivity (Wildman–Crippen MR) is 92.0 cm³/mol. The molecule has 0 saturated carbocycles. The average Bonchev–Trinajstić information content (AvgIpc) is 2.61. The van der Waals surface area contributed by atoms with Crippen molar-refractivity contribution >= 4 is 23.2 Å². The summed E-state index contributed by atoms with van der Waals surface area (Å²) in [7, 11) is 3.04. The van der Waals surface area contributed by atoms with Gasteiger partial charge in [0, 0.05) is 25.6 Å². The van der Waals surface area contributed by atoms with Crippen LogP contribution < -0.4 is 16.0 Å². The molecular formula is C17H25N3O4. The van der Waals surface area contributed by atoms with Crippen LogP contribution in [-0.2, 0) is 19.1 Å². The lowest BCUT2D eigenvalue weighted by Gasteiger charge is -2.34. The fourth-order valence-electron chi connectivity index (χ4n) is 2.63. The molecule has 1 heterocycles. The van der Waals surface area contributed by atoms with Crippen LogP contribution in [0.2, 0.25) is 0 Å². The lowest BCUT2D eigenvalue weighted by atomic mass is 9.91. The van der Waals surface area contributed by atoms with Gasteiger partial charge in [0.1, 0.15) is 11.7 Å². The summed E-state index contributed by atoms with van der Waals surface area (Å²) < 4.78 is 10.5. The summed E-state index contributed by atoms with van der Waals surface area (Å²) >= 11 is 0. The van der Waals surface area contributed by atoms with E-state index in [0.29, 0.717) is 24.2 Å². The molecule has 132 valence electrons. The molecule has 0 bridgehead atoms. The molecule has 1 fully saturated rings. The monoisotopic (exact) mass is 335 g/mol. The van der Waals surface area contributed by atoms with Crippen molar-refractivity contribution in [3.05, 3.63) is 24.3 Å². The van der Waals surface area contributed by atoms with Crippen LogP contribution in [0.25, 0.3) is 0 Å². The third kappa shape index (κ3) is 4.31. The van der Waals surface area contributed by atoms with Crippen LogP contribution in [-0.4, -0.2) is 50.8 Å². The Balaban J connectivity index is 2.06. The van der Waals surface area contributed by atoms with Crippen molar-refractivity contribution in [2.75, 3.05) is 37.9 Å². The van der Waals surface area contributed by atoms with Crippen molar-refractivity contribution < 1.29 is 19.1 Å². The summed E-state index contributed by atoms with van der Waals surface area (Å²) in [6.45, 7) is 3.15. The summed E-state index contributed by atoms with van der Waals surface area (Å²) in [5.74, 6) is -0.409. The molecule has 0 aliphatic carbocycles. The number of carbonyl (C=O) groups is 2. The van der Waals surface area contributed by atoms with Gasteiger partial charge < -0.3 is 25.4 Å². The molecule has 0 radical (unpaired) electrons. The molecule has 1 saturated heterocycles. The van der Waals surface area contributed by atoms with Gasteiger partial charge in [-0.05, 0) is 51.1 Å². The first-order valence-electron chi connectivity index (χ1n) is 8.02. The highest BCUT2D eigenvalue weighted by atomic mass is 16.5. The van der Waals surface area contributed by atoms with E-state index < -0.39 is 11.7 Å². The number of rotatable bonds is 6.